The maximum Gasteiger partial charge on any atom is 0.157 e. The molecule has 0 atom stereocenters. The number of hydrogen-bond acceptors (Lipinski definition) is 3. The Morgan fingerprint density at radius 3 is 2.67 bits per heavy atom. The highest BCUT2D eigenvalue weighted by atomic mass is 16.3. The zero-order valence-electron chi connectivity index (χ0n) is 6.18. The van der Waals surface area contributed by atoms with Crippen molar-refractivity contribution < 1.29 is 10.2 Å². The van der Waals surface area contributed by atoms with Crippen LogP contribution in [-0.2, 0) is 6.54 Å². The minimum absolute atomic E-state index is 0.171. The number of azide groups is 1. The van der Waals surface area contributed by atoms with Crippen LogP contribution in [0.25, 0.3) is 10.4 Å². The third-order valence-electron chi connectivity index (χ3n) is 1.36. The molecule has 0 radical (unpaired) electrons. The van der Waals surface area contributed by atoms with Crippen molar-refractivity contribution in [2.45, 2.75) is 6.54 Å². The summed E-state index contributed by atoms with van der Waals surface area (Å²) in [7, 11) is 0. The van der Waals surface area contributed by atoms with E-state index in [1.807, 2.05) is 0 Å². The van der Waals surface area contributed by atoms with E-state index in [0.29, 0.717) is 5.56 Å². The first-order valence-corrected chi connectivity index (χ1v) is 3.26. The molecular formula is C7H7N3O2. The molecule has 0 aliphatic rings. The van der Waals surface area contributed by atoms with Gasteiger partial charge in [0.25, 0.3) is 0 Å². The molecular weight excluding hydrogens is 158 g/mol. The first-order valence-electron chi connectivity index (χ1n) is 3.26. The Bertz CT molecular complexity index is 331. The molecule has 0 aromatic heterocycles. The van der Waals surface area contributed by atoms with Crippen LogP contribution in [0.2, 0.25) is 0 Å². The zero-order valence-corrected chi connectivity index (χ0v) is 6.18. The van der Waals surface area contributed by atoms with Crippen molar-refractivity contribution in [3.8, 4) is 11.5 Å². The van der Waals surface area contributed by atoms with Crippen molar-refractivity contribution >= 4 is 0 Å². The molecule has 0 heterocycles. The van der Waals surface area contributed by atoms with Crippen LogP contribution in [-0.4, -0.2) is 10.2 Å². The van der Waals surface area contributed by atoms with Crippen LogP contribution in [0.4, 0.5) is 0 Å². The highest BCUT2D eigenvalue weighted by Crippen LogP contribution is 2.24. The summed E-state index contributed by atoms with van der Waals surface area (Å²) in [4.78, 5) is 2.56. The second-order valence-electron chi connectivity index (χ2n) is 2.21. The van der Waals surface area contributed by atoms with Crippen molar-refractivity contribution in [2.75, 3.05) is 0 Å². The van der Waals surface area contributed by atoms with Crippen LogP contribution in [0.15, 0.2) is 23.3 Å². The molecule has 0 bridgehead atoms. The van der Waals surface area contributed by atoms with Crippen LogP contribution in [0, 0.1) is 0 Å². The monoisotopic (exact) mass is 165 g/mol. The second-order valence-corrected chi connectivity index (χ2v) is 2.21. The Morgan fingerprint density at radius 2 is 2.08 bits per heavy atom. The molecule has 1 aromatic carbocycles. The largest absolute Gasteiger partial charge is 0.504 e. The van der Waals surface area contributed by atoms with E-state index in [4.69, 9.17) is 15.7 Å². The highest BCUT2D eigenvalue weighted by molar-refractivity contribution is 5.40. The number of aromatic hydroxyl groups is 2. The van der Waals surface area contributed by atoms with Gasteiger partial charge in [0.1, 0.15) is 0 Å². The maximum atomic E-state index is 9.01. The predicted octanol–water partition coefficient (Wildman–Crippen LogP) is 1.91. The van der Waals surface area contributed by atoms with E-state index in [1.165, 1.54) is 12.1 Å². The molecule has 0 spiro atoms. The average Bonchev–Trinajstić information content (AvgIpc) is 2.07. The Kier molecular flexibility index (Phi) is 2.40. The lowest BCUT2D eigenvalue weighted by molar-refractivity contribution is 0.403. The van der Waals surface area contributed by atoms with Crippen molar-refractivity contribution in [3.05, 3.63) is 34.2 Å². The Balaban J connectivity index is 2.89. The summed E-state index contributed by atoms with van der Waals surface area (Å²) in [5.74, 6) is -0.389. The summed E-state index contributed by atoms with van der Waals surface area (Å²) >= 11 is 0. The highest BCUT2D eigenvalue weighted by Gasteiger charge is 1.98. The zero-order chi connectivity index (χ0) is 8.97. The summed E-state index contributed by atoms with van der Waals surface area (Å²) < 4.78 is 0. The van der Waals surface area contributed by atoms with Gasteiger partial charge >= 0.3 is 0 Å². The smallest absolute Gasteiger partial charge is 0.157 e. The molecule has 5 nitrogen and oxygen atoms in total. The molecule has 0 aliphatic heterocycles. The van der Waals surface area contributed by atoms with Crippen molar-refractivity contribution in [3.63, 3.8) is 0 Å². The number of rotatable bonds is 2. The third kappa shape index (κ3) is 1.81. The molecule has 0 saturated heterocycles. The van der Waals surface area contributed by atoms with Gasteiger partial charge in [-0.05, 0) is 23.2 Å². The van der Waals surface area contributed by atoms with Crippen molar-refractivity contribution in [1.82, 2.24) is 0 Å². The van der Waals surface area contributed by atoms with Crippen molar-refractivity contribution in [2.24, 2.45) is 5.11 Å². The van der Waals surface area contributed by atoms with E-state index in [9.17, 15) is 0 Å². The molecule has 0 unspecified atom stereocenters. The molecule has 2 N–H and O–H groups in total. The Hall–Kier alpha value is -1.87. The standard InChI is InChI=1S/C7H7N3O2/c8-10-9-4-5-1-2-6(11)7(12)3-5/h1-3,11-12H,4H2. The van der Waals surface area contributed by atoms with Crippen LogP contribution < -0.4 is 0 Å². The van der Waals surface area contributed by atoms with Crippen LogP contribution in [0.1, 0.15) is 5.56 Å². The Morgan fingerprint density at radius 1 is 1.33 bits per heavy atom. The molecule has 5 heteroatoms. The number of phenols is 2. The van der Waals surface area contributed by atoms with Gasteiger partial charge in [0, 0.05) is 4.91 Å². The minimum atomic E-state index is -0.208. The summed E-state index contributed by atoms with van der Waals surface area (Å²) in [6.45, 7) is 0.171. The van der Waals surface area contributed by atoms with Crippen LogP contribution in [0.3, 0.4) is 0 Å². The number of benzene rings is 1. The normalized spacial score (nSPS) is 9.00. The number of phenolic OH excluding ortho intramolecular Hbond substituents is 2. The summed E-state index contributed by atoms with van der Waals surface area (Å²) in [6, 6.07) is 4.27. The minimum Gasteiger partial charge on any atom is -0.504 e. The van der Waals surface area contributed by atoms with E-state index < -0.39 is 0 Å². The molecule has 0 aliphatic carbocycles. The predicted molar refractivity (Wildman–Crippen MR) is 42.6 cm³/mol. The van der Waals surface area contributed by atoms with Crippen LogP contribution >= 0.6 is 0 Å². The Labute approximate surface area is 68.5 Å². The fraction of sp³-hybridized carbons (Fsp3) is 0.143. The summed E-state index contributed by atoms with van der Waals surface area (Å²) in [5.41, 5.74) is 8.65. The van der Waals surface area contributed by atoms with Gasteiger partial charge in [-0.1, -0.05) is 11.2 Å². The molecule has 62 valence electrons. The number of hydrogen-bond donors (Lipinski definition) is 2. The average molecular weight is 165 g/mol. The lowest BCUT2D eigenvalue weighted by atomic mass is 10.2. The van der Waals surface area contributed by atoms with Gasteiger partial charge in [-0.2, -0.15) is 0 Å². The molecule has 0 amide bonds. The van der Waals surface area contributed by atoms with Gasteiger partial charge in [-0.3, -0.25) is 0 Å². The first kappa shape index (κ1) is 8.23. The van der Waals surface area contributed by atoms with Gasteiger partial charge in [-0.15, -0.1) is 0 Å². The van der Waals surface area contributed by atoms with Gasteiger partial charge in [0.2, 0.25) is 0 Å². The van der Waals surface area contributed by atoms with E-state index in [-0.39, 0.29) is 18.0 Å². The summed E-state index contributed by atoms with van der Waals surface area (Å²) in [5, 5.41) is 21.2. The van der Waals surface area contributed by atoms with E-state index in [2.05, 4.69) is 10.0 Å². The van der Waals surface area contributed by atoms with Crippen LogP contribution in [0.5, 0.6) is 11.5 Å². The van der Waals surface area contributed by atoms with Gasteiger partial charge in [-0.25, -0.2) is 0 Å². The topological polar surface area (TPSA) is 89.2 Å². The first-order chi connectivity index (χ1) is 5.74. The maximum absolute atomic E-state index is 9.01. The number of nitrogens with zero attached hydrogens (tertiary/aromatic N) is 3. The quantitative estimate of drug-likeness (QED) is 0.303. The summed E-state index contributed by atoms with van der Waals surface area (Å²) in [6.07, 6.45) is 0. The van der Waals surface area contributed by atoms with Gasteiger partial charge in [0.05, 0.1) is 6.54 Å². The van der Waals surface area contributed by atoms with E-state index >= 15 is 0 Å². The second kappa shape index (κ2) is 3.50. The lowest BCUT2D eigenvalue weighted by Crippen LogP contribution is -1.79. The lowest BCUT2D eigenvalue weighted by Gasteiger charge is -1.98. The van der Waals surface area contributed by atoms with E-state index in [0.717, 1.165) is 0 Å². The molecule has 12 heavy (non-hydrogen) atoms. The van der Waals surface area contributed by atoms with Crippen molar-refractivity contribution in [1.29, 1.82) is 0 Å². The third-order valence-corrected chi connectivity index (χ3v) is 1.36. The molecule has 0 saturated carbocycles. The SMILES string of the molecule is [N-]=[N+]=NCc1ccc(O)c(O)c1. The molecule has 1 aromatic rings. The fourth-order valence-corrected chi connectivity index (χ4v) is 0.781. The van der Waals surface area contributed by atoms with E-state index in [1.54, 1.807) is 6.07 Å². The van der Waals surface area contributed by atoms with Gasteiger partial charge in [0.15, 0.2) is 11.5 Å². The molecule has 1 rings (SSSR count). The molecule has 0 fully saturated rings. The fourth-order valence-electron chi connectivity index (χ4n) is 0.781. The van der Waals surface area contributed by atoms with Gasteiger partial charge < -0.3 is 10.2 Å².